The number of urea groups is 1. The first kappa shape index (κ1) is 23.0. The fraction of sp³-hybridized carbons (Fsp3) is 0.273. The number of anilines is 2. The van der Waals surface area contributed by atoms with Gasteiger partial charge in [-0.1, -0.05) is 20.8 Å². The maximum atomic E-state index is 13.4. The summed E-state index contributed by atoms with van der Waals surface area (Å²) in [7, 11) is 1.25. The Morgan fingerprint density at radius 3 is 2.44 bits per heavy atom. The Morgan fingerprint density at radius 1 is 1.22 bits per heavy atom. The maximum Gasteiger partial charge on any atom is 0.348 e. The molecule has 2 aromatic heterocycles. The lowest BCUT2D eigenvalue weighted by Crippen LogP contribution is -2.21. The van der Waals surface area contributed by atoms with Crippen molar-refractivity contribution < 1.29 is 18.7 Å². The van der Waals surface area contributed by atoms with Gasteiger partial charge in [0.15, 0.2) is 0 Å². The molecular weight excluding hydrogens is 433 g/mol. The zero-order valence-corrected chi connectivity index (χ0v) is 19.1. The smallest absolute Gasteiger partial charge is 0.348 e. The van der Waals surface area contributed by atoms with Crippen LogP contribution in [0.1, 0.15) is 47.3 Å². The lowest BCUT2D eigenvalue weighted by molar-refractivity contribution is 0.0605. The predicted molar refractivity (Wildman–Crippen MR) is 120 cm³/mol. The van der Waals surface area contributed by atoms with E-state index < -0.39 is 12.0 Å². The number of benzene rings is 1. The third-order valence-electron chi connectivity index (χ3n) is 4.65. The van der Waals surface area contributed by atoms with Gasteiger partial charge in [-0.15, -0.1) is 11.3 Å². The molecule has 0 fully saturated rings. The van der Waals surface area contributed by atoms with Crippen molar-refractivity contribution in [2.75, 3.05) is 17.7 Å². The number of thiophene rings is 1. The SMILES string of the molecule is COC(=O)c1sc(NC(=O)Nc2cc(C(C)(C)C)nn2-c2ccc(F)cc2)c(C#N)c1C. The second-order valence-corrected chi connectivity index (χ2v) is 9.02. The number of ether oxygens (including phenoxy) is 1. The quantitative estimate of drug-likeness (QED) is 0.539. The van der Waals surface area contributed by atoms with E-state index in [1.165, 1.54) is 23.9 Å². The number of aromatic nitrogens is 2. The summed E-state index contributed by atoms with van der Waals surface area (Å²) in [5, 5.41) is 19.6. The number of amides is 2. The molecule has 2 heterocycles. The van der Waals surface area contributed by atoms with E-state index >= 15 is 0 Å². The Balaban J connectivity index is 1.93. The lowest BCUT2D eigenvalue weighted by Gasteiger charge is -2.14. The van der Waals surface area contributed by atoms with Gasteiger partial charge in [-0.3, -0.25) is 10.6 Å². The predicted octanol–water partition coefficient (Wildman–Crippen LogP) is 4.98. The van der Waals surface area contributed by atoms with Crippen LogP contribution in [0.2, 0.25) is 0 Å². The summed E-state index contributed by atoms with van der Waals surface area (Å²) in [6, 6.07) is 8.83. The highest BCUT2D eigenvalue weighted by Crippen LogP contribution is 2.33. The average Bonchev–Trinajstić information content (AvgIpc) is 3.29. The molecule has 32 heavy (non-hydrogen) atoms. The van der Waals surface area contributed by atoms with Gasteiger partial charge >= 0.3 is 12.0 Å². The standard InChI is InChI=1S/C22H22FN5O3S/c1-12-15(11-24)19(32-18(12)20(29)31-5)26-21(30)25-17-10-16(22(2,3)4)27-28(17)14-8-6-13(23)7-9-14/h6-10H,1-5H3,(H2,25,26,30). The molecule has 0 spiro atoms. The molecule has 3 aromatic rings. The van der Waals surface area contributed by atoms with Gasteiger partial charge in [0.2, 0.25) is 0 Å². The van der Waals surface area contributed by atoms with Crippen molar-refractivity contribution in [3.05, 3.63) is 57.8 Å². The van der Waals surface area contributed by atoms with E-state index in [9.17, 15) is 19.2 Å². The third kappa shape index (κ3) is 4.63. The molecule has 2 amide bonds. The summed E-state index contributed by atoms with van der Waals surface area (Å²) in [5.41, 5.74) is 1.61. The van der Waals surface area contributed by atoms with Crippen LogP contribution in [-0.2, 0) is 10.2 Å². The normalized spacial score (nSPS) is 11.0. The molecule has 3 rings (SSSR count). The first-order chi connectivity index (χ1) is 15.0. The number of esters is 1. The maximum absolute atomic E-state index is 13.4. The van der Waals surface area contributed by atoms with Crippen LogP contribution in [-0.4, -0.2) is 28.9 Å². The number of halogens is 1. The van der Waals surface area contributed by atoms with Crippen LogP contribution in [0, 0.1) is 24.1 Å². The number of carbonyl (C=O) groups excluding carboxylic acids is 2. The molecular formula is C22H22FN5O3S. The van der Waals surface area contributed by atoms with Gasteiger partial charge in [0.1, 0.15) is 27.6 Å². The minimum Gasteiger partial charge on any atom is -0.465 e. The van der Waals surface area contributed by atoms with Crippen LogP contribution >= 0.6 is 11.3 Å². The molecule has 10 heteroatoms. The van der Waals surface area contributed by atoms with E-state index in [4.69, 9.17) is 4.74 Å². The minimum absolute atomic E-state index is 0.188. The largest absolute Gasteiger partial charge is 0.465 e. The Labute approximate surface area is 188 Å². The average molecular weight is 456 g/mol. The highest BCUT2D eigenvalue weighted by molar-refractivity contribution is 7.18. The zero-order chi connectivity index (χ0) is 23.6. The van der Waals surface area contributed by atoms with E-state index in [2.05, 4.69) is 15.7 Å². The summed E-state index contributed by atoms with van der Waals surface area (Å²) in [6.07, 6.45) is 0. The van der Waals surface area contributed by atoms with E-state index in [0.29, 0.717) is 17.1 Å². The molecule has 0 unspecified atom stereocenters. The van der Waals surface area contributed by atoms with Crippen LogP contribution in [0.15, 0.2) is 30.3 Å². The van der Waals surface area contributed by atoms with E-state index in [0.717, 1.165) is 17.0 Å². The fourth-order valence-electron chi connectivity index (χ4n) is 2.89. The zero-order valence-electron chi connectivity index (χ0n) is 18.2. The number of nitrogens with one attached hydrogen (secondary N) is 2. The van der Waals surface area contributed by atoms with Crippen LogP contribution in [0.4, 0.5) is 20.0 Å². The van der Waals surface area contributed by atoms with E-state index in [1.54, 1.807) is 25.1 Å². The number of carbonyl (C=O) groups is 2. The van der Waals surface area contributed by atoms with Crippen molar-refractivity contribution in [2.24, 2.45) is 0 Å². The van der Waals surface area contributed by atoms with Gasteiger partial charge in [-0.05, 0) is 36.8 Å². The molecule has 166 valence electrons. The summed E-state index contributed by atoms with van der Waals surface area (Å²) in [4.78, 5) is 24.9. The Hall–Kier alpha value is -3.71. The van der Waals surface area contributed by atoms with Crippen LogP contribution in [0.25, 0.3) is 5.69 Å². The second-order valence-electron chi connectivity index (χ2n) is 8.00. The molecule has 0 bridgehead atoms. The first-order valence-corrected chi connectivity index (χ1v) is 10.4. The highest BCUT2D eigenvalue weighted by Gasteiger charge is 2.24. The number of nitriles is 1. The highest BCUT2D eigenvalue weighted by atomic mass is 32.1. The number of rotatable bonds is 4. The Morgan fingerprint density at radius 2 is 1.88 bits per heavy atom. The van der Waals surface area contributed by atoms with Crippen molar-refractivity contribution >= 4 is 34.2 Å². The van der Waals surface area contributed by atoms with Gasteiger partial charge in [0, 0.05) is 11.5 Å². The van der Waals surface area contributed by atoms with Crippen LogP contribution < -0.4 is 10.6 Å². The Kier molecular flexibility index (Phi) is 6.32. The topological polar surface area (TPSA) is 109 Å². The summed E-state index contributed by atoms with van der Waals surface area (Å²) >= 11 is 0.961. The van der Waals surface area contributed by atoms with Crippen LogP contribution in [0.3, 0.4) is 0 Å². The Bertz CT molecular complexity index is 1220. The number of methoxy groups -OCH3 is 1. The molecule has 0 aliphatic rings. The molecule has 0 aliphatic carbocycles. The third-order valence-corrected chi connectivity index (χ3v) is 5.83. The number of nitrogens with zero attached hydrogens (tertiary/aromatic N) is 3. The summed E-state index contributed by atoms with van der Waals surface area (Å²) < 4.78 is 19.6. The monoisotopic (exact) mass is 455 g/mol. The molecule has 8 nitrogen and oxygen atoms in total. The van der Waals surface area contributed by atoms with Gasteiger partial charge in [-0.2, -0.15) is 10.4 Å². The van der Waals surface area contributed by atoms with Gasteiger partial charge in [0.25, 0.3) is 0 Å². The molecule has 0 radical (unpaired) electrons. The van der Waals surface area contributed by atoms with E-state index in [-0.39, 0.29) is 26.7 Å². The summed E-state index contributed by atoms with van der Waals surface area (Å²) in [6.45, 7) is 7.56. The molecule has 0 aliphatic heterocycles. The molecule has 1 aromatic carbocycles. The minimum atomic E-state index is -0.622. The second kappa shape index (κ2) is 8.80. The molecule has 0 saturated heterocycles. The van der Waals surface area contributed by atoms with Crippen molar-refractivity contribution in [1.29, 1.82) is 5.26 Å². The fourth-order valence-corrected chi connectivity index (χ4v) is 3.96. The van der Waals surface area contributed by atoms with Crippen molar-refractivity contribution in [2.45, 2.75) is 33.1 Å². The van der Waals surface area contributed by atoms with Crippen molar-refractivity contribution in [3.8, 4) is 11.8 Å². The van der Waals surface area contributed by atoms with Gasteiger partial charge in [-0.25, -0.2) is 18.7 Å². The van der Waals surface area contributed by atoms with Gasteiger partial charge in [0.05, 0.1) is 24.1 Å². The number of hydrogen-bond acceptors (Lipinski definition) is 6. The number of hydrogen-bond donors (Lipinski definition) is 2. The lowest BCUT2D eigenvalue weighted by atomic mass is 9.92. The molecule has 0 saturated carbocycles. The van der Waals surface area contributed by atoms with Crippen molar-refractivity contribution in [3.63, 3.8) is 0 Å². The van der Waals surface area contributed by atoms with Crippen molar-refractivity contribution in [1.82, 2.24) is 9.78 Å². The molecule has 0 atom stereocenters. The summed E-state index contributed by atoms with van der Waals surface area (Å²) in [5.74, 6) is -0.608. The van der Waals surface area contributed by atoms with E-state index in [1.807, 2.05) is 26.8 Å². The first-order valence-electron chi connectivity index (χ1n) is 9.61. The molecule has 2 N–H and O–H groups in total. The van der Waals surface area contributed by atoms with Gasteiger partial charge < -0.3 is 4.74 Å². The van der Waals surface area contributed by atoms with Crippen LogP contribution in [0.5, 0.6) is 0 Å².